The minimum Gasteiger partial charge on any atom is -0.384 e. The largest absolute Gasteiger partial charge is 0.384 e. The number of benzene rings is 2. The smallest absolute Gasteiger partial charge is 0.228 e. The van der Waals surface area contributed by atoms with Crippen LogP contribution in [0.25, 0.3) is 0 Å². The van der Waals surface area contributed by atoms with E-state index in [0.29, 0.717) is 60.3 Å². The van der Waals surface area contributed by atoms with Crippen molar-refractivity contribution >= 4 is 63.9 Å². The fourth-order valence-corrected chi connectivity index (χ4v) is 5.00. The average Bonchev–Trinajstić information content (AvgIpc) is 3.11. The van der Waals surface area contributed by atoms with Crippen LogP contribution in [-0.4, -0.2) is 98.7 Å². The van der Waals surface area contributed by atoms with E-state index in [1.807, 2.05) is 65.6 Å². The Kier molecular flexibility index (Phi) is 15.8. The molecule has 2 saturated heterocycles. The van der Waals surface area contributed by atoms with Crippen molar-refractivity contribution in [3.8, 4) is 0 Å². The number of nitrogens with two attached hydrogens (primary N) is 1. The predicted octanol–water partition coefficient (Wildman–Crippen LogP) is 5.17. The maximum absolute atomic E-state index is 6.11. The monoisotopic (exact) mass is 702 g/mol. The summed E-state index contributed by atoms with van der Waals surface area (Å²) in [6.45, 7) is 8.93. The highest BCUT2D eigenvalue weighted by atomic mass is 35.5. The zero-order valence-corrected chi connectivity index (χ0v) is 28.4. The number of anilines is 5. The van der Waals surface area contributed by atoms with Crippen molar-refractivity contribution in [3.63, 3.8) is 0 Å². The number of para-hydroxylation sites is 2. The lowest BCUT2D eigenvalue weighted by Crippen LogP contribution is -2.37. The zero-order chi connectivity index (χ0) is 33.1. The van der Waals surface area contributed by atoms with Gasteiger partial charge in [-0.25, -0.2) is 15.0 Å². The molecule has 2 aromatic carbocycles. The number of morpholine rings is 2. The minimum atomic E-state index is 0.367. The van der Waals surface area contributed by atoms with Gasteiger partial charge in [0.1, 0.15) is 21.3 Å². The molecule has 0 atom stereocenters. The molecule has 0 spiro atoms. The van der Waals surface area contributed by atoms with Crippen molar-refractivity contribution in [2.45, 2.75) is 0 Å². The summed E-state index contributed by atoms with van der Waals surface area (Å²) in [6.07, 6.45) is 0. The van der Waals surface area contributed by atoms with Crippen molar-refractivity contribution in [3.05, 3.63) is 88.3 Å². The van der Waals surface area contributed by atoms with E-state index in [-0.39, 0.29) is 0 Å². The molecule has 4 aromatic rings. The first-order chi connectivity index (χ1) is 23.0. The van der Waals surface area contributed by atoms with Gasteiger partial charge in [-0.05, 0) is 24.3 Å². The molecule has 0 bridgehead atoms. The van der Waals surface area contributed by atoms with Gasteiger partial charge in [0, 0.05) is 75.9 Å². The van der Waals surface area contributed by atoms with Gasteiger partial charge in [-0.3, -0.25) is 0 Å². The topological polar surface area (TPSA) is 139 Å². The Morgan fingerprint density at radius 3 is 1.49 bits per heavy atom. The number of nitrogens with one attached hydrogen (secondary N) is 3. The van der Waals surface area contributed by atoms with E-state index >= 15 is 0 Å². The molecule has 0 unspecified atom stereocenters. The normalized spacial score (nSPS) is 14.2. The van der Waals surface area contributed by atoms with Crippen molar-refractivity contribution in [1.29, 1.82) is 0 Å². The third kappa shape index (κ3) is 13.5. The number of nitrogens with zero attached hydrogens (tertiary/aromatic N) is 6. The molecule has 0 radical (unpaired) electrons. The van der Waals surface area contributed by atoms with E-state index in [4.69, 9.17) is 50.0 Å². The van der Waals surface area contributed by atoms with Gasteiger partial charge in [-0.2, -0.15) is 4.98 Å². The molecule has 47 heavy (non-hydrogen) atoms. The first-order valence-electron chi connectivity index (χ1n) is 15.4. The first-order valence-corrected chi connectivity index (χ1v) is 16.6. The number of aromatic nitrogens is 4. The number of hydrogen-bond acceptors (Lipinski definition) is 12. The summed E-state index contributed by atoms with van der Waals surface area (Å²) in [5, 5.41) is 11.0. The van der Waals surface area contributed by atoms with Gasteiger partial charge in [0.25, 0.3) is 0 Å². The maximum Gasteiger partial charge on any atom is 0.228 e. The molecule has 4 heterocycles. The van der Waals surface area contributed by atoms with Crippen LogP contribution >= 0.6 is 34.8 Å². The van der Waals surface area contributed by atoms with Crippen LogP contribution in [0.15, 0.2) is 72.8 Å². The van der Waals surface area contributed by atoms with Crippen LogP contribution in [0.4, 0.5) is 29.1 Å². The molecule has 15 heteroatoms. The summed E-state index contributed by atoms with van der Waals surface area (Å²) in [7, 11) is 0. The van der Waals surface area contributed by atoms with E-state index in [0.717, 1.165) is 63.0 Å². The van der Waals surface area contributed by atoms with Crippen LogP contribution in [0.1, 0.15) is 0 Å². The molecule has 0 aliphatic carbocycles. The second kappa shape index (κ2) is 20.6. The third-order valence-electron chi connectivity index (χ3n) is 6.70. The molecule has 2 aromatic heterocycles. The molecule has 12 nitrogen and oxygen atoms in total. The second-order valence-electron chi connectivity index (χ2n) is 10.2. The Labute approximate surface area is 291 Å². The summed E-state index contributed by atoms with van der Waals surface area (Å²) >= 11 is 17.7. The molecule has 2 aliphatic rings. The summed E-state index contributed by atoms with van der Waals surface area (Å²) in [4.78, 5) is 21.1. The van der Waals surface area contributed by atoms with Gasteiger partial charge < -0.3 is 41.0 Å². The Hall–Kier alpha value is -3.65. The van der Waals surface area contributed by atoms with Gasteiger partial charge in [0.2, 0.25) is 11.9 Å². The zero-order valence-electron chi connectivity index (χ0n) is 26.1. The van der Waals surface area contributed by atoms with Gasteiger partial charge in [-0.15, -0.1) is 0 Å². The van der Waals surface area contributed by atoms with Crippen molar-refractivity contribution in [1.82, 2.24) is 19.9 Å². The van der Waals surface area contributed by atoms with Gasteiger partial charge >= 0.3 is 0 Å². The summed E-state index contributed by atoms with van der Waals surface area (Å²) < 4.78 is 10.6. The Bertz CT molecular complexity index is 1430. The lowest BCUT2D eigenvalue weighted by atomic mass is 10.3. The highest BCUT2D eigenvalue weighted by Gasteiger charge is 2.16. The Balaban J connectivity index is 0.000000177. The summed E-state index contributed by atoms with van der Waals surface area (Å²) in [5.74, 6) is 1.96. The van der Waals surface area contributed by atoms with Crippen molar-refractivity contribution in [2.75, 3.05) is 105 Å². The standard InChI is InChI=1S/C16H20ClN5O.C8H9Cl2N3O.C8H12N2/c17-14-12-15(19-7-6-18-13-4-2-1-3-5-13)21-16(20-14)22-8-10-23-11-9-22;9-6-5-7(10)12-8(11-6)13-1-3-14-4-2-13;9-6-7-10-8-4-2-1-3-5-8/h1-5,12,18H,6-11H2,(H,19,20,21);5H,1-4H2;1-5,10H,6-7,9H2. The molecule has 2 fully saturated rings. The number of halogens is 3. The second-order valence-corrected chi connectivity index (χ2v) is 11.4. The summed E-state index contributed by atoms with van der Waals surface area (Å²) in [6, 6.07) is 23.4. The fraction of sp³-hybridized carbons (Fsp3) is 0.375. The van der Waals surface area contributed by atoms with Crippen LogP contribution in [-0.2, 0) is 9.47 Å². The lowest BCUT2D eigenvalue weighted by molar-refractivity contribution is 0.122. The van der Waals surface area contributed by atoms with Crippen LogP contribution in [0.3, 0.4) is 0 Å². The highest BCUT2D eigenvalue weighted by Crippen LogP contribution is 2.19. The van der Waals surface area contributed by atoms with E-state index in [1.54, 1.807) is 6.07 Å². The van der Waals surface area contributed by atoms with E-state index in [2.05, 4.69) is 40.8 Å². The van der Waals surface area contributed by atoms with Crippen molar-refractivity contribution in [2.24, 2.45) is 5.73 Å². The SMILES string of the molecule is Clc1cc(Cl)nc(N2CCOCC2)n1.Clc1cc(NCCNc2ccccc2)nc(N2CCOCC2)n1.NCCNc1ccccc1. The molecule has 2 aliphatic heterocycles. The first kappa shape index (κ1) is 36.2. The molecule has 0 saturated carbocycles. The molecule has 252 valence electrons. The summed E-state index contributed by atoms with van der Waals surface area (Å²) in [5.41, 5.74) is 7.55. The van der Waals surface area contributed by atoms with Gasteiger partial charge in [-0.1, -0.05) is 71.2 Å². The third-order valence-corrected chi connectivity index (χ3v) is 7.28. The van der Waals surface area contributed by atoms with Crippen molar-refractivity contribution < 1.29 is 9.47 Å². The van der Waals surface area contributed by atoms with Crippen LogP contribution in [0, 0.1) is 0 Å². The van der Waals surface area contributed by atoms with Crippen LogP contribution in [0.2, 0.25) is 15.5 Å². The number of hydrogen-bond donors (Lipinski definition) is 4. The maximum atomic E-state index is 6.11. The average molecular weight is 704 g/mol. The highest BCUT2D eigenvalue weighted by molar-refractivity contribution is 6.33. The Morgan fingerprint density at radius 1 is 0.574 bits per heavy atom. The molecule has 6 rings (SSSR count). The van der Waals surface area contributed by atoms with Gasteiger partial charge in [0.15, 0.2) is 0 Å². The van der Waals surface area contributed by atoms with Crippen LogP contribution in [0.5, 0.6) is 0 Å². The molecular weight excluding hydrogens is 663 g/mol. The number of rotatable bonds is 10. The Morgan fingerprint density at radius 2 is 1.00 bits per heavy atom. The minimum absolute atomic E-state index is 0.367. The predicted molar refractivity (Wildman–Crippen MR) is 193 cm³/mol. The number of ether oxygens (including phenoxy) is 2. The molecule has 0 amide bonds. The van der Waals surface area contributed by atoms with Crippen LogP contribution < -0.4 is 31.5 Å². The molecule has 5 N–H and O–H groups in total. The van der Waals surface area contributed by atoms with E-state index < -0.39 is 0 Å². The fourth-order valence-electron chi connectivity index (χ4n) is 4.41. The van der Waals surface area contributed by atoms with E-state index in [9.17, 15) is 0 Å². The van der Waals surface area contributed by atoms with Gasteiger partial charge in [0.05, 0.1) is 26.4 Å². The van der Waals surface area contributed by atoms with E-state index in [1.165, 1.54) is 6.07 Å². The lowest BCUT2D eigenvalue weighted by Gasteiger charge is -2.27. The molecular formula is C32H41Cl3N10O2. The quantitative estimate of drug-likeness (QED) is 0.128.